The van der Waals surface area contributed by atoms with Crippen molar-refractivity contribution in [1.82, 2.24) is 0 Å². The van der Waals surface area contributed by atoms with Crippen molar-refractivity contribution < 1.29 is 181 Å². The van der Waals surface area contributed by atoms with Crippen LogP contribution in [0.4, 0.5) is 0 Å². The topological polar surface area (TPSA) is 281 Å². The van der Waals surface area contributed by atoms with Gasteiger partial charge in [-0.25, -0.2) is 0 Å². The number of carbonyl (C=O) groups excluding carboxylic acids is 6. The van der Waals surface area contributed by atoms with E-state index in [0.29, 0.717) is 0 Å². The first-order chi connectivity index (χ1) is 11.6. The fourth-order valence-corrected chi connectivity index (χ4v) is 1.37. The monoisotopic (exact) mass is 644 g/mol. The van der Waals surface area contributed by atoms with E-state index < -0.39 is 72.7 Å². The van der Waals surface area contributed by atoms with Crippen LogP contribution in [-0.2, 0) is 51.1 Å². The number of rotatable bonds is 10. The zero-order valence-electron chi connectivity index (χ0n) is 15.9. The van der Waals surface area contributed by atoms with Crippen LogP contribution in [0, 0.1) is 0 Å². The van der Waals surface area contributed by atoms with E-state index in [9.17, 15) is 59.4 Å². The quantitative estimate of drug-likeness (QED) is 0.209. The molecule has 0 bridgehead atoms. The molecule has 0 aliphatic carbocycles. The molecule has 0 aliphatic heterocycles. The summed E-state index contributed by atoms with van der Waals surface area (Å²) < 4.78 is 0. The maximum absolute atomic E-state index is 10.1. The van der Waals surface area contributed by atoms with E-state index in [2.05, 4.69) is 0 Å². The molecule has 0 saturated carbocycles. The summed E-state index contributed by atoms with van der Waals surface area (Å²) >= 11 is 0. The molecule has 0 heterocycles. The Morgan fingerprint density at radius 1 is 0.500 bits per heavy atom. The average Bonchev–Trinajstić information content (AvgIpc) is 2.34. The molecule has 0 rings (SSSR count). The van der Waals surface area contributed by atoms with E-state index in [1.165, 1.54) is 0 Å². The molecule has 14 nitrogen and oxygen atoms in total. The molecule has 0 fully saturated rings. The van der Waals surface area contributed by atoms with Crippen LogP contribution >= 0.6 is 0 Å². The normalized spacial score (nSPS) is 9.40. The molecule has 2 N–H and O–H groups in total. The van der Waals surface area contributed by atoms with Crippen molar-refractivity contribution >= 4 is 35.8 Å². The zero-order chi connectivity index (χ0) is 21.3. The van der Waals surface area contributed by atoms with E-state index in [0.717, 1.165) is 0 Å². The van der Waals surface area contributed by atoms with Gasteiger partial charge < -0.3 is 69.6 Å². The van der Waals surface area contributed by atoms with Gasteiger partial charge in [-0.15, -0.1) is 0 Å². The molecule has 0 aromatic carbocycles. The summed E-state index contributed by atoms with van der Waals surface area (Å²) in [5, 5.41) is 77.9. The van der Waals surface area contributed by atoms with Crippen LogP contribution in [0.5, 0.6) is 0 Å². The number of carboxylic acids is 6. The van der Waals surface area contributed by atoms with Crippen LogP contribution in [0.3, 0.4) is 0 Å². The summed E-state index contributed by atoms with van der Waals surface area (Å²) in [6.45, 7) is 0. The van der Waals surface area contributed by atoms with Gasteiger partial charge in [0.25, 0.3) is 0 Å². The molecular weight excluding hydrogens is 634 g/mol. The third-order valence-electron chi connectivity index (χ3n) is 2.51. The smallest absolute Gasteiger partial charge is 0.550 e. The van der Waals surface area contributed by atoms with Gasteiger partial charge in [-0.1, -0.05) is 0 Å². The Kier molecular flexibility index (Phi) is 29.6. The van der Waals surface area contributed by atoms with Crippen molar-refractivity contribution in [3.63, 3.8) is 0 Å². The third-order valence-corrected chi connectivity index (χ3v) is 2.51. The number of hydrogen-bond donors (Lipinski definition) is 2. The Morgan fingerprint density at radius 2 is 0.633 bits per heavy atom. The van der Waals surface area contributed by atoms with Crippen LogP contribution in [0.1, 0.15) is 25.7 Å². The fraction of sp³-hybridized carbons (Fsp3) is 0.500. The Bertz CT molecular complexity index is 527. The van der Waals surface area contributed by atoms with Crippen molar-refractivity contribution in [2.75, 3.05) is 0 Å². The van der Waals surface area contributed by atoms with Crippen molar-refractivity contribution in [2.24, 2.45) is 0 Å². The number of carboxylic acid groups (broad SMARTS) is 6. The molecular formula is C12H10AuNa3O14. The Hall–Kier alpha value is 0.480. The second kappa shape index (κ2) is 20.1. The predicted molar refractivity (Wildman–Crippen MR) is 58.4 cm³/mol. The van der Waals surface area contributed by atoms with Crippen LogP contribution in [0.25, 0.3) is 0 Å². The summed E-state index contributed by atoms with van der Waals surface area (Å²) in [5.74, 6) is -12.0. The molecule has 0 saturated heterocycles. The van der Waals surface area contributed by atoms with Gasteiger partial charge in [0.15, 0.2) is 0 Å². The van der Waals surface area contributed by atoms with Gasteiger partial charge in [0.05, 0.1) is 11.9 Å². The van der Waals surface area contributed by atoms with E-state index in [4.69, 9.17) is 10.2 Å². The van der Waals surface area contributed by atoms with E-state index in [1.54, 1.807) is 0 Å². The first kappa shape index (κ1) is 44.2. The number of carbonyl (C=O) groups is 6. The second-order valence-electron chi connectivity index (χ2n) is 4.83. The van der Waals surface area contributed by atoms with Gasteiger partial charge in [0.1, 0.15) is 11.2 Å². The molecule has 0 aromatic rings. The largest absolute Gasteiger partial charge is 3.00 e. The maximum Gasteiger partial charge on any atom is 3.00 e. The number of aliphatic carboxylic acids is 6. The molecule has 18 heteroatoms. The summed E-state index contributed by atoms with van der Waals surface area (Å²) in [7, 11) is 0. The minimum atomic E-state index is -2.97. The first-order valence-corrected chi connectivity index (χ1v) is 6.23. The summed E-state index contributed by atoms with van der Waals surface area (Å²) in [4.78, 5) is 60.0. The maximum atomic E-state index is 10.1. The van der Waals surface area contributed by atoms with Gasteiger partial charge in [0.2, 0.25) is 0 Å². The Morgan fingerprint density at radius 3 is 0.700 bits per heavy atom. The van der Waals surface area contributed by atoms with Crippen LogP contribution in [-0.4, -0.2) is 57.2 Å². The standard InChI is InChI=1S/2C6H8O7.Au.3Na/c2*7-3(8)1-6(13,5(11)12)2-4(9)10;;;;/h2*13H,1-2H2,(H,7,8)(H,9,10)(H,11,12);;;;/q;;+3;3*+1/p-6. The Balaban J connectivity index is -0.0000000847. The van der Waals surface area contributed by atoms with Crippen molar-refractivity contribution in [3.8, 4) is 0 Å². The fourth-order valence-electron chi connectivity index (χ4n) is 1.37. The zero-order valence-corrected chi connectivity index (χ0v) is 24.1. The average molecular weight is 644 g/mol. The first-order valence-electron chi connectivity index (χ1n) is 6.23. The van der Waals surface area contributed by atoms with Crippen molar-refractivity contribution in [3.05, 3.63) is 0 Å². The van der Waals surface area contributed by atoms with Gasteiger partial charge in [-0.3, -0.25) is 0 Å². The molecule has 0 atom stereocenters. The minimum absolute atomic E-state index is 0. The summed E-state index contributed by atoms with van der Waals surface area (Å²) in [6.07, 6.45) is -5.43. The van der Waals surface area contributed by atoms with Gasteiger partial charge in [-0.05, 0) is 0 Å². The molecule has 0 radical (unpaired) electrons. The third kappa shape index (κ3) is 20.4. The van der Waals surface area contributed by atoms with Crippen LogP contribution in [0.15, 0.2) is 0 Å². The van der Waals surface area contributed by atoms with Crippen LogP contribution < -0.4 is 119 Å². The summed E-state index contributed by atoms with van der Waals surface area (Å²) in [5.41, 5.74) is -5.95. The molecule has 156 valence electrons. The van der Waals surface area contributed by atoms with Gasteiger partial charge >= 0.3 is 111 Å². The van der Waals surface area contributed by atoms with E-state index >= 15 is 0 Å². The van der Waals surface area contributed by atoms with Gasteiger partial charge in [-0.2, -0.15) is 0 Å². The molecule has 0 aromatic heterocycles. The number of aliphatic hydroxyl groups is 2. The minimum Gasteiger partial charge on any atom is -0.550 e. The molecule has 0 amide bonds. The molecule has 0 spiro atoms. The molecule has 0 aliphatic rings. The number of hydrogen-bond acceptors (Lipinski definition) is 14. The van der Waals surface area contributed by atoms with E-state index in [-0.39, 0.29) is 111 Å². The predicted octanol–water partition coefficient (Wildman–Crippen LogP) is -19.5. The molecule has 30 heavy (non-hydrogen) atoms. The van der Waals surface area contributed by atoms with Crippen LogP contribution in [0.2, 0.25) is 0 Å². The SMILES string of the molecule is O=C([O-])CC(O)(CC(=O)[O-])C(=O)[O-].O=C([O-])CC(O)(CC(=O)[O-])C(=O)[O-].[Au+3].[Na+].[Na+].[Na+]. The summed E-state index contributed by atoms with van der Waals surface area (Å²) in [6, 6.07) is 0. The molecule has 0 unspecified atom stereocenters. The second-order valence-corrected chi connectivity index (χ2v) is 4.83. The Labute approximate surface area is 250 Å². The van der Waals surface area contributed by atoms with E-state index in [1.807, 2.05) is 0 Å². The van der Waals surface area contributed by atoms with Crippen molar-refractivity contribution in [2.45, 2.75) is 36.9 Å². The van der Waals surface area contributed by atoms with Gasteiger partial charge in [0, 0.05) is 49.6 Å². The van der Waals surface area contributed by atoms with Crippen molar-refractivity contribution in [1.29, 1.82) is 0 Å².